The summed E-state index contributed by atoms with van der Waals surface area (Å²) in [7, 11) is 0. The van der Waals surface area contributed by atoms with Crippen molar-refractivity contribution in [2.75, 3.05) is 6.54 Å². The molecular formula is C16H16ClNO4. The van der Waals surface area contributed by atoms with Gasteiger partial charge in [0.15, 0.2) is 5.76 Å². The van der Waals surface area contributed by atoms with Gasteiger partial charge in [0.1, 0.15) is 5.58 Å². The van der Waals surface area contributed by atoms with Gasteiger partial charge in [0.05, 0.1) is 5.92 Å². The third-order valence-corrected chi connectivity index (χ3v) is 4.66. The smallest absolute Gasteiger partial charge is 0.308 e. The van der Waals surface area contributed by atoms with Crippen molar-refractivity contribution in [3.63, 3.8) is 0 Å². The Balaban J connectivity index is 1.96. The molecule has 2 heterocycles. The summed E-state index contributed by atoms with van der Waals surface area (Å²) in [6, 6.07) is 4.86. The van der Waals surface area contributed by atoms with Crippen molar-refractivity contribution < 1.29 is 19.1 Å². The van der Waals surface area contributed by atoms with E-state index in [1.165, 1.54) is 0 Å². The van der Waals surface area contributed by atoms with Crippen LogP contribution in [0.4, 0.5) is 0 Å². The van der Waals surface area contributed by atoms with Crippen LogP contribution in [-0.2, 0) is 4.79 Å². The topological polar surface area (TPSA) is 70.8 Å². The molecule has 1 saturated heterocycles. The zero-order valence-electron chi connectivity index (χ0n) is 12.3. The number of benzene rings is 1. The molecule has 22 heavy (non-hydrogen) atoms. The second-order valence-electron chi connectivity index (χ2n) is 5.67. The number of carboxylic acid groups (broad SMARTS) is 1. The molecule has 6 heteroatoms. The summed E-state index contributed by atoms with van der Waals surface area (Å²) in [5, 5.41) is 10.6. The molecule has 1 aromatic heterocycles. The van der Waals surface area contributed by atoms with Crippen LogP contribution in [0.5, 0.6) is 0 Å². The Hall–Kier alpha value is -2.01. The van der Waals surface area contributed by atoms with Crippen LogP contribution in [-0.4, -0.2) is 34.5 Å². The number of likely N-dealkylation sites (tertiary alicyclic amines) is 1. The van der Waals surface area contributed by atoms with Gasteiger partial charge in [0.25, 0.3) is 5.91 Å². The van der Waals surface area contributed by atoms with E-state index in [2.05, 4.69) is 0 Å². The quantitative estimate of drug-likeness (QED) is 0.921. The Morgan fingerprint density at radius 1 is 1.41 bits per heavy atom. The summed E-state index contributed by atoms with van der Waals surface area (Å²) in [6.07, 6.45) is 0.466. The highest BCUT2D eigenvalue weighted by Gasteiger charge is 2.39. The van der Waals surface area contributed by atoms with Gasteiger partial charge in [-0.2, -0.15) is 0 Å². The summed E-state index contributed by atoms with van der Waals surface area (Å²) in [4.78, 5) is 25.5. The predicted molar refractivity (Wildman–Crippen MR) is 82.2 cm³/mol. The number of hydrogen-bond acceptors (Lipinski definition) is 3. The lowest BCUT2D eigenvalue weighted by atomic mass is 10.0. The third kappa shape index (κ3) is 2.25. The number of carbonyl (C=O) groups excluding carboxylic acids is 1. The fourth-order valence-corrected chi connectivity index (χ4v) is 3.26. The van der Waals surface area contributed by atoms with Crippen molar-refractivity contribution >= 4 is 34.4 Å². The lowest BCUT2D eigenvalue weighted by molar-refractivity contribution is -0.142. The van der Waals surface area contributed by atoms with E-state index in [0.717, 1.165) is 10.9 Å². The summed E-state index contributed by atoms with van der Waals surface area (Å²) in [5.41, 5.74) is 1.33. The zero-order valence-corrected chi connectivity index (χ0v) is 13.1. The number of carbonyl (C=O) groups is 2. The van der Waals surface area contributed by atoms with Crippen molar-refractivity contribution in [1.82, 2.24) is 4.90 Å². The molecule has 1 aromatic carbocycles. The molecule has 2 unspecified atom stereocenters. The summed E-state index contributed by atoms with van der Waals surface area (Å²) < 4.78 is 5.67. The van der Waals surface area contributed by atoms with Gasteiger partial charge < -0.3 is 14.4 Å². The number of fused-ring (bicyclic) bond motifs is 1. The summed E-state index contributed by atoms with van der Waals surface area (Å²) in [5.74, 6) is -1.39. The SMILES string of the molecule is Cc1c(C(=O)N2CCC(C(=O)O)C2C)oc2ccc(Cl)cc12. The Bertz CT molecular complexity index is 767. The molecule has 0 saturated carbocycles. The minimum absolute atomic E-state index is 0.259. The molecule has 2 atom stereocenters. The maximum atomic E-state index is 12.7. The van der Waals surface area contributed by atoms with E-state index in [-0.39, 0.29) is 17.7 Å². The standard InChI is InChI=1S/C16H16ClNO4/c1-8-12-7-10(17)3-4-13(12)22-14(8)15(19)18-6-5-11(9(18)2)16(20)21/h3-4,7,9,11H,5-6H2,1-2H3,(H,20,21). The van der Waals surface area contributed by atoms with Crippen LogP contribution >= 0.6 is 11.6 Å². The Morgan fingerprint density at radius 3 is 2.77 bits per heavy atom. The first-order chi connectivity index (χ1) is 10.4. The van der Waals surface area contributed by atoms with Crippen LogP contribution < -0.4 is 0 Å². The zero-order chi connectivity index (χ0) is 16.0. The third-order valence-electron chi connectivity index (χ3n) is 4.43. The number of hydrogen-bond donors (Lipinski definition) is 1. The molecule has 0 aliphatic carbocycles. The van der Waals surface area contributed by atoms with Crippen LogP contribution in [0.15, 0.2) is 22.6 Å². The largest absolute Gasteiger partial charge is 0.481 e. The number of furan rings is 1. The number of amides is 1. The first-order valence-electron chi connectivity index (χ1n) is 7.12. The molecule has 1 amide bonds. The second-order valence-corrected chi connectivity index (χ2v) is 6.11. The van der Waals surface area contributed by atoms with Gasteiger partial charge in [0.2, 0.25) is 0 Å². The van der Waals surface area contributed by atoms with Gasteiger partial charge in [-0.05, 0) is 38.5 Å². The van der Waals surface area contributed by atoms with Gasteiger partial charge in [0, 0.05) is 28.6 Å². The number of carboxylic acids is 1. The number of aliphatic carboxylic acids is 1. The average Bonchev–Trinajstić information content (AvgIpc) is 3.00. The first-order valence-corrected chi connectivity index (χ1v) is 7.50. The molecule has 5 nitrogen and oxygen atoms in total. The van der Waals surface area contributed by atoms with Gasteiger partial charge in [-0.3, -0.25) is 9.59 Å². The maximum absolute atomic E-state index is 12.7. The van der Waals surface area contributed by atoms with E-state index in [4.69, 9.17) is 16.0 Å². The molecule has 2 aromatic rings. The fourth-order valence-electron chi connectivity index (χ4n) is 3.08. The van der Waals surface area contributed by atoms with E-state index in [9.17, 15) is 14.7 Å². The highest BCUT2D eigenvalue weighted by Crippen LogP contribution is 2.31. The van der Waals surface area contributed by atoms with Gasteiger partial charge in [-0.25, -0.2) is 0 Å². The average molecular weight is 322 g/mol. The molecule has 1 aliphatic heterocycles. The number of rotatable bonds is 2. The van der Waals surface area contributed by atoms with Gasteiger partial charge >= 0.3 is 5.97 Å². The Kier molecular flexibility index (Phi) is 3.60. The van der Waals surface area contributed by atoms with Crippen molar-refractivity contribution in [2.24, 2.45) is 5.92 Å². The van der Waals surface area contributed by atoms with Crippen molar-refractivity contribution in [3.8, 4) is 0 Å². The van der Waals surface area contributed by atoms with Gasteiger partial charge in [-0.1, -0.05) is 11.6 Å². The lowest BCUT2D eigenvalue weighted by Crippen LogP contribution is -2.37. The number of aryl methyl sites for hydroxylation is 1. The molecule has 3 rings (SSSR count). The fraction of sp³-hybridized carbons (Fsp3) is 0.375. The molecule has 1 N–H and O–H groups in total. The lowest BCUT2D eigenvalue weighted by Gasteiger charge is -2.22. The normalized spacial score (nSPS) is 21.5. The minimum Gasteiger partial charge on any atom is -0.481 e. The van der Waals surface area contributed by atoms with Crippen molar-refractivity contribution in [3.05, 3.63) is 34.5 Å². The van der Waals surface area contributed by atoms with E-state index in [1.54, 1.807) is 30.0 Å². The molecular weight excluding hydrogens is 306 g/mol. The van der Waals surface area contributed by atoms with E-state index >= 15 is 0 Å². The summed E-state index contributed by atoms with van der Waals surface area (Å²) >= 11 is 5.98. The molecule has 0 spiro atoms. The molecule has 0 radical (unpaired) electrons. The Labute approximate surface area is 132 Å². The second kappa shape index (κ2) is 5.32. The van der Waals surface area contributed by atoms with E-state index in [1.807, 2.05) is 6.92 Å². The summed E-state index contributed by atoms with van der Waals surface area (Å²) in [6.45, 7) is 4.00. The highest BCUT2D eigenvalue weighted by atomic mass is 35.5. The molecule has 1 aliphatic rings. The number of nitrogens with zero attached hydrogens (tertiary/aromatic N) is 1. The minimum atomic E-state index is -0.865. The monoisotopic (exact) mass is 321 g/mol. The van der Waals surface area contributed by atoms with Crippen molar-refractivity contribution in [1.29, 1.82) is 0 Å². The van der Waals surface area contributed by atoms with Crippen LogP contribution in [0.25, 0.3) is 11.0 Å². The van der Waals surface area contributed by atoms with Crippen LogP contribution in [0, 0.1) is 12.8 Å². The molecule has 116 valence electrons. The van der Waals surface area contributed by atoms with Gasteiger partial charge in [-0.15, -0.1) is 0 Å². The van der Waals surface area contributed by atoms with Crippen molar-refractivity contribution in [2.45, 2.75) is 26.3 Å². The maximum Gasteiger partial charge on any atom is 0.308 e. The number of halogens is 1. The van der Waals surface area contributed by atoms with E-state index < -0.39 is 11.9 Å². The first kappa shape index (κ1) is 14.9. The van der Waals surface area contributed by atoms with E-state index in [0.29, 0.717) is 23.6 Å². The molecule has 0 bridgehead atoms. The van der Waals surface area contributed by atoms with Crippen LogP contribution in [0.3, 0.4) is 0 Å². The van der Waals surface area contributed by atoms with Crippen LogP contribution in [0.1, 0.15) is 29.5 Å². The predicted octanol–water partition coefficient (Wildman–Crippen LogP) is 3.33. The highest BCUT2D eigenvalue weighted by molar-refractivity contribution is 6.31. The molecule has 1 fully saturated rings. The van der Waals surface area contributed by atoms with Crippen LogP contribution in [0.2, 0.25) is 5.02 Å². The Morgan fingerprint density at radius 2 is 2.14 bits per heavy atom.